The van der Waals surface area contributed by atoms with Gasteiger partial charge in [-0.05, 0) is 32.2 Å². The summed E-state index contributed by atoms with van der Waals surface area (Å²) in [6.45, 7) is 3.93. The van der Waals surface area contributed by atoms with Crippen LogP contribution in [0.4, 0.5) is 0 Å². The molecule has 4 heteroatoms. The Bertz CT molecular complexity index is 381. The highest BCUT2D eigenvalue weighted by Crippen LogP contribution is 2.27. The minimum Gasteiger partial charge on any atom is -0.385 e. The topological polar surface area (TPSA) is 47.0 Å². The van der Waals surface area contributed by atoms with E-state index >= 15 is 0 Å². The summed E-state index contributed by atoms with van der Waals surface area (Å²) in [5.74, 6) is 0.961. The Morgan fingerprint density at radius 1 is 1.50 bits per heavy atom. The monoisotopic (exact) mass is 249 g/mol. The molecule has 1 aliphatic carbocycles. The molecule has 4 nitrogen and oxygen atoms in total. The average Bonchev–Trinajstić information content (AvgIpc) is 2.39. The number of fused-ring (bicyclic) bond motifs is 1. The highest BCUT2D eigenvalue weighted by molar-refractivity contribution is 5.24. The molecule has 1 aromatic rings. The van der Waals surface area contributed by atoms with Gasteiger partial charge in [0.1, 0.15) is 5.82 Å². The Hall–Kier alpha value is -1.00. The van der Waals surface area contributed by atoms with Crippen molar-refractivity contribution in [3.05, 3.63) is 23.3 Å². The first kappa shape index (κ1) is 13.4. The smallest absolute Gasteiger partial charge is 0.128 e. The molecule has 0 fully saturated rings. The van der Waals surface area contributed by atoms with E-state index in [9.17, 15) is 0 Å². The van der Waals surface area contributed by atoms with Gasteiger partial charge in [0, 0.05) is 43.6 Å². The van der Waals surface area contributed by atoms with Crippen molar-refractivity contribution < 1.29 is 4.74 Å². The lowest BCUT2D eigenvalue weighted by atomic mass is 9.92. The van der Waals surface area contributed by atoms with Crippen molar-refractivity contribution in [3.63, 3.8) is 0 Å². The molecule has 100 valence electrons. The third-order valence-corrected chi connectivity index (χ3v) is 3.43. The van der Waals surface area contributed by atoms with Gasteiger partial charge >= 0.3 is 0 Å². The summed E-state index contributed by atoms with van der Waals surface area (Å²) in [6, 6.07) is 0.451. The zero-order valence-electron chi connectivity index (χ0n) is 11.4. The van der Waals surface area contributed by atoms with Gasteiger partial charge in [-0.15, -0.1) is 0 Å². The van der Waals surface area contributed by atoms with Crippen LogP contribution in [0.1, 0.15) is 49.3 Å². The first-order valence-electron chi connectivity index (χ1n) is 6.92. The first-order chi connectivity index (χ1) is 8.85. The Morgan fingerprint density at radius 3 is 3.17 bits per heavy atom. The van der Waals surface area contributed by atoms with Crippen LogP contribution in [0.3, 0.4) is 0 Å². The van der Waals surface area contributed by atoms with Crippen molar-refractivity contribution in [2.75, 3.05) is 20.3 Å². The van der Waals surface area contributed by atoms with E-state index in [4.69, 9.17) is 9.72 Å². The maximum atomic E-state index is 5.06. The van der Waals surface area contributed by atoms with Crippen LogP contribution in [0.2, 0.25) is 0 Å². The minimum atomic E-state index is 0.451. The van der Waals surface area contributed by atoms with Gasteiger partial charge < -0.3 is 10.1 Å². The van der Waals surface area contributed by atoms with Crippen LogP contribution in [0, 0.1) is 0 Å². The zero-order chi connectivity index (χ0) is 12.8. The molecule has 1 atom stereocenters. The van der Waals surface area contributed by atoms with E-state index in [1.807, 2.05) is 6.20 Å². The Morgan fingerprint density at radius 2 is 2.39 bits per heavy atom. The number of methoxy groups -OCH3 is 1. The van der Waals surface area contributed by atoms with Crippen LogP contribution in [-0.2, 0) is 17.6 Å². The molecule has 2 rings (SSSR count). The number of nitrogens with one attached hydrogen (secondary N) is 1. The van der Waals surface area contributed by atoms with Crippen LogP contribution >= 0.6 is 0 Å². The number of aryl methyl sites for hydroxylation is 2. The molecule has 1 unspecified atom stereocenters. The van der Waals surface area contributed by atoms with Gasteiger partial charge in [-0.2, -0.15) is 0 Å². The van der Waals surface area contributed by atoms with E-state index in [0.717, 1.165) is 38.2 Å². The van der Waals surface area contributed by atoms with Crippen molar-refractivity contribution in [3.8, 4) is 0 Å². The summed E-state index contributed by atoms with van der Waals surface area (Å²) in [5.41, 5.74) is 2.55. The summed E-state index contributed by atoms with van der Waals surface area (Å²) in [5, 5.41) is 3.51. The molecule has 0 aromatic carbocycles. The lowest BCUT2D eigenvalue weighted by Gasteiger charge is -2.25. The summed E-state index contributed by atoms with van der Waals surface area (Å²) < 4.78 is 5.06. The Labute approximate surface area is 109 Å². The summed E-state index contributed by atoms with van der Waals surface area (Å²) >= 11 is 0. The second-order valence-corrected chi connectivity index (χ2v) is 4.79. The third-order valence-electron chi connectivity index (χ3n) is 3.43. The normalized spacial score (nSPS) is 18.7. The molecule has 0 aliphatic heterocycles. The molecule has 18 heavy (non-hydrogen) atoms. The van der Waals surface area contributed by atoms with Crippen molar-refractivity contribution in [2.24, 2.45) is 0 Å². The second-order valence-electron chi connectivity index (χ2n) is 4.79. The third kappa shape index (κ3) is 3.27. The largest absolute Gasteiger partial charge is 0.385 e. The predicted octanol–water partition coefficient (Wildman–Crippen LogP) is 2.04. The molecule has 0 spiro atoms. The Kier molecular flexibility index (Phi) is 5.08. The molecule has 0 bridgehead atoms. The van der Waals surface area contributed by atoms with Gasteiger partial charge in [-0.3, -0.25) is 0 Å². The molecule has 1 heterocycles. The molecule has 0 saturated carbocycles. The minimum absolute atomic E-state index is 0.451. The summed E-state index contributed by atoms with van der Waals surface area (Å²) in [4.78, 5) is 9.20. The van der Waals surface area contributed by atoms with Crippen LogP contribution < -0.4 is 5.32 Å². The molecular formula is C14H23N3O. The van der Waals surface area contributed by atoms with E-state index in [2.05, 4.69) is 17.2 Å². The molecule has 1 aliphatic rings. The molecular weight excluding hydrogens is 226 g/mol. The van der Waals surface area contributed by atoms with E-state index < -0.39 is 0 Å². The SMILES string of the molecule is CCNC1CCCc2nc(CCCOC)ncc21. The van der Waals surface area contributed by atoms with Crippen molar-refractivity contribution >= 4 is 0 Å². The number of ether oxygens (including phenoxy) is 1. The zero-order valence-corrected chi connectivity index (χ0v) is 11.4. The van der Waals surface area contributed by atoms with E-state index in [0.29, 0.717) is 6.04 Å². The lowest BCUT2D eigenvalue weighted by Crippen LogP contribution is -2.26. The van der Waals surface area contributed by atoms with Gasteiger partial charge in [0.25, 0.3) is 0 Å². The van der Waals surface area contributed by atoms with Crippen molar-refractivity contribution in [2.45, 2.75) is 45.1 Å². The Balaban J connectivity index is 2.06. The van der Waals surface area contributed by atoms with E-state index in [-0.39, 0.29) is 0 Å². The first-order valence-corrected chi connectivity index (χ1v) is 6.92. The van der Waals surface area contributed by atoms with Gasteiger partial charge in [0.2, 0.25) is 0 Å². The standard InChI is InChI=1S/C14H23N3O/c1-3-15-12-6-4-7-13-11(12)10-16-14(17-13)8-5-9-18-2/h10,12,15H,3-9H2,1-2H3. The number of hydrogen-bond donors (Lipinski definition) is 1. The van der Waals surface area contributed by atoms with Gasteiger partial charge in [-0.25, -0.2) is 9.97 Å². The fraction of sp³-hybridized carbons (Fsp3) is 0.714. The predicted molar refractivity (Wildman–Crippen MR) is 71.6 cm³/mol. The fourth-order valence-electron chi connectivity index (χ4n) is 2.54. The van der Waals surface area contributed by atoms with E-state index in [1.54, 1.807) is 7.11 Å². The van der Waals surface area contributed by atoms with Crippen LogP contribution in [-0.4, -0.2) is 30.2 Å². The number of nitrogens with zero attached hydrogens (tertiary/aromatic N) is 2. The molecule has 0 radical (unpaired) electrons. The average molecular weight is 249 g/mol. The van der Waals surface area contributed by atoms with Gasteiger partial charge in [0.05, 0.1) is 0 Å². The maximum absolute atomic E-state index is 5.06. The maximum Gasteiger partial charge on any atom is 0.128 e. The lowest BCUT2D eigenvalue weighted by molar-refractivity contribution is 0.194. The summed E-state index contributed by atoms with van der Waals surface area (Å²) in [7, 11) is 1.73. The van der Waals surface area contributed by atoms with Crippen LogP contribution in [0.25, 0.3) is 0 Å². The number of rotatable bonds is 6. The van der Waals surface area contributed by atoms with Crippen molar-refractivity contribution in [1.29, 1.82) is 0 Å². The molecule has 1 N–H and O–H groups in total. The summed E-state index contributed by atoms with van der Waals surface area (Å²) in [6.07, 6.45) is 7.44. The van der Waals surface area contributed by atoms with E-state index in [1.165, 1.54) is 24.1 Å². The number of aromatic nitrogens is 2. The van der Waals surface area contributed by atoms with Gasteiger partial charge in [-0.1, -0.05) is 6.92 Å². The highest BCUT2D eigenvalue weighted by Gasteiger charge is 2.21. The van der Waals surface area contributed by atoms with Gasteiger partial charge in [0.15, 0.2) is 0 Å². The number of hydrogen-bond acceptors (Lipinski definition) is 4. The highest BCUT2D eigenvalue weighted by atomic mass is 16.5. The fourth-order valence-corrected chi connectivity index (χ4v) is 2.54. The van der Waals surface area contributed by atoms with Crippen molar-refractivity contribution in [1.82, 2.24) is 15.3 Å². The van der Waals surface area contributed by atoms with Crippen LogP contribution in [0.15, 0.2) is 6.20 Å². The second kappa shape index (κ2) is 6.81. The molecule has 0 saturated heterocycles. The quantitative estimate of drug-likeness (QED) is 0.784. The van der Waals surface area contributed by atoms with Crippen LogP contribution in [0.5, 0.6) is 0 Å². The molecule has 0 amide bonds. The molecule has 1 aromatic heterocycles.